The van der Waals surface area contributed by atoms with Gasteiger partial charge in [-0.3, -0.25) is 0 Å². The van der Waals surface area contributed by atoms with Crippen LogP contribution in [0.3, 0.4) is 0 Å². The molecule has 1 aromatic heterocycles. The number of benzene rings is 1. The van der Waals surface area contributed by atoms with Gasteiger partial charge in [-0.2, -0.15) is 0 Å². The average Bonchev–Trinajstić information content (AvgIpc) is 3.14. The van der Waals surface area contributed by atoms with E-state index in [4.69, 9.17) is 11.5 Å². The Morgan fingerprint density at radius 3 is 2.75 bits per heavy atom. The van der Waals surface area contributed by atoms with E-state index in [-0.39, 0.29) is 0 Å². The number of nitrogens with zero attached hydrogens (tertiary/aromatic N) is 4. The Bertz CT molecular complexity index is 649. The summed E-state index contributed by atoms with van der Waals surface area (Å²) in [4.78, 5) is 0. The molecule has 4 N–H and O–H groups in total. The van der Waals surface area contributed by atoms with Crippen molar-refractivity contribution in [2.24, 2.45) is 11.8 Å². The first kappa shape index (κ1) is 11.7. The molecule has 0 radical (unpaired) electrons. The normalized spacial score (nSPS) is 28.1. The number of tetrazole rings is 1. The summed E-state index contributed by atoms with van der Waals surface area (Å²) in [6, 6.07) is 5.93. The molecule has 3 atom stereocenters. The van der Waals surface area contributed by atoms with Crippen LogP contribution in [0, 0.1) is 11.8 Å². The molecule has 0 spiro atoms. The molecule has 2 aliphatic rings. The lowest BCUT2D eigenvalue weighted by molar-refractivity contribution is 0.304. The Balaban J connectivity index is 1.75. The number of aromatic nitrogens is 4. The monoisotopic (exact) mass is 270 g/mol. The quantitative estimate of drug-likeness (QED) is 0.812. The largest absolute Gasteiger partial charge is 0.399 e. The van der Waals surface area contributed by atoms with Crippen molar-refractivity contribution in [3.63, 3.8) is 0 Å². The van der Waals surface area contributed by atoms with E-state index in [1.54, 1.807) is 6.07 Å². The minimum absolute atomic E-state index is 0.427. The summed E-state index contributed by atoms with van der Waals surface area (Å²) in [5, 5.41) is 12.3. The predicted molar refractivity (Wildman–Crippen MR) is 76.6 cm³/mol. The van der Waals surface area contributed by atoms with Crippen LogP contribution in [0.15, 0.2) is 18.2 Å². The van der Waals surface area contributed by atoms with Crippen molar-refractivity contribution in [3.8, 4) is 11.4 Å². The molecule has 2 bridgehead atoms. The summed E-state index contributed by atoms with van der Waals surface area (Å²) in [5.74, 6) is 2.34. The summed E-state index contributed by atoms with van der Waals surface area (Å²) in [7, 11) is 0. The number of anilines is 2. The van der Waals surface area contributed by atoms with Crippen LogP contribution >= 0.6 is 0 Å². The first-order valence-corrected chi connectivity index (χ1v) is 7.15. The molecule has 6 heteroatoms. The Kier molecular flexibility index (Phi) is 2.45. The lowest BCUT2D eigenvalue weighted by Gasteiger charge is -2.22. The number of rotatable bonds is 2. The van der Waals surface area contributed by atoms with Crippen molar-refractivity contribution in [3.05, 3.63) is 18.2 Å². The molecule has 1 aromatic carbocycles. The van der Waals surface area contributed by atoms with Gasteiger partial charge in [0.05, 0.1) is 6.04 Å². The van der Waals surface area contributed by atoms with Crippen molar-refractivity contribution in [1.82, 2.24) is 20.2 Å². The number of hydrogen-bond acceptors (Lipinski definition) is 5. The Morgan fingerprint density at radius 1 is 1.15 bits per heavy atom. The van der Waals surface area contributed by atoms with Crippen molar-refractivity contribution >= 4 is 11.4 Å². The molecule has 4 rings (SSSR count). The van der Waals surface area contributed by atoms with Crippen LogP contribution in [0.25, 0.3) is 11.4 Å². The molecule has 0 amide bonds. The van der Waals surface area contributed by atoms with Crippen molar-refractivity contribution in [1.29, 1.82) is 0 Å². The molecule has 0 aliphatic heterocycles. The van der Waals surface area contributed by atoms with Crippen LogP contribution < -0.4 is 11.5 Å². The van der Waals surface area contributed by atoms with Crippen LogP contribution in [0.5, 0.6) is 0 Å². The number of fused-ring (bicyclic) bond motifs is 2. The molecule has 6 nitrogen and oxygen atoms in total. The van der Waals surface area contributed by atoms with Crippen molar-refractivity contribution in [2.45, 2.75) is 31.7 Å². The van der Waals surface area contributed by atoms with Gasteiger partial charge in [-0.15, -0.1) is 5.10 Å². The number of nitrogens with two attached hydrogens (primary N) is 2. The van der Waals surface area contributed by atoms with Crippen LogP contribution in [-0.2, 0) is 0 Å². The maximum absolute atomic E-state index is 6.07. The maximum Gasteiger partial charge on any atom is 0.184 e. The summed E-state index contributed by atoms with van der Waals surface area (Å²) in [6.45, 7) is 0. The molecule has 2 fully saturated rings. The lowest BCUT2D eigenvalue weighted by atomic mass is 9.95. The molecule has 3 unspecified atom stereocenters. The van der Waals surface area contributed by atoms with E-state index in [0.29, 0.717) is 17.4 Å². The highest BCUT2D eigenvalue weighted by atomic mass is 15.6. The molecule has 2 aliphatic carbocycles. The highest BCUT2D eigenvalue weighted by molar-refractivity contribution is 5.74. The standard InChI is InChI=1S/C14H18N6/c15-10-3-4-11(12(16)7-10)14-17-18-19-20(14)13-6-8-1-2-9(13)5-8/h3-4,7-9,13H,1-2,5-6,15-16H2. The van der Waals surface area contributed by atoms with E-state index in [2.05, 4.69) is 15.5 Å². The molecule has 0 saturated heterocycles. The molecule has 1 heterocycles. The molecule has 104 valence electrons. The van der Waals surface area contributed by atoms with Crippen LogP contribution in [0.4, 0.5) is 11.4 Å². The van der Waals surface area contributed by atoms with Gasteiger partial charge in [-0.05, 0) is 59.7 Å². The topological polar surface area (TPSA) is 95.6 Å². The molecule has 2 aromatic rings. The zero-order valence-corrected chi connectivity index (χ0v) is 11.2. The van der Waals surface area contributed by atoms with Gasteiger partial charge in [0.25, 0.3) is 0 Å². The van der Waals surface area contributed by atoms with Crippen LogP contribution in [-0.4, -0.2) is 20.2 Å². The molecular formula is C14H18N6. The lowest BCUT2D eigenvalue weighted by Crippen LogP contribution is -2.18. The van der Waals surface area contributed by atoms with E-state index in [1.807, 2.05) is 16.8 Å². The molecular weight excluding hydrogens is 252 g/mol. The second kappa shape index (κ2) is 4.19. The third kappa shape index (κ3) is 1.67. The Morgan fingerprint density at radius 2 is 2.05 bits per heavy atom. The Labute approximate surface area is 117 Å². The Hall–Kier alpha value is -2.11. The summed E-state index contributed by atoms with van der Waals surface area (Å²) in [5.41, 5.74) is 14.0. The zero-order valence-electron chi connectivity index (χ0n) is 11.2. The van der Waals surface area contributed by atoms with Gasteiger partial charge in [0, 0.05) is 16.9 Å². The fraction of sp³-hybridized carbons (Fsp3) is 0.500. The first-order chi connectivity index (χ1) is 9.72. The van der Waals surface area contributed by atoms with E-state index >= 15 is 0 Å². The van der Waals surface area contributed by atoms with Gasteiger partial charge in [0.1, 0.15) is 0 Å². The number of nitrogen functional groups attached to an aromatic ring is 2. The smallest absolute Gasteiger partial charge is 0.184 e. The second-order valence-corrected chi connectivity index (χ2v) is 6.04. The summed E-state index contributed by atoms with van der Waals surface area (Å²) in [6.07, 6.45) is 5.17. The SMILES string of the molecule is Nc1ccc(-c2nnnn2C2CC3CCC2C3)c(N)c1. The van der Waals surface area contributed by atoms with Gasteiger partial charge >= 0.3 is 0 Å². The first-order valence-electron chi connectivity index (χ1n) is 7.15. The second-order valence-electron chi connectivity index (χ2n) is 6.04. The van der Waals surface area contributed by atoms with Gasteiger partial charge < -0.3 is 11.5 Å². The average molecular weight is 270 g/mol. The van der Waals surface area contributed by atoms with Gasteiger partial charge in [-0.25, -0.2) is 4.68 Å². The predicted octanol–water partition coefficient (Wildman–Crippen LogP) is 1.87. The van der Waals surface area contributed by atoms with E-state index in [9.17, 15) is 0 Å². The fourth-order valence-corrected chi connectivity index (χ4v) is 3.89. The van der Waals surface area contributed by atoms with E-state index in [0.717, 1.165) is 23.2 Å². The maximum atomic E-state index is 6.07. The highest BCUT2D eigenvalue weighted by Crippen LogP contribution is 2.51. The summed E-state index contributed by atoms with van der Waals surface area (Å²) >= 11 is 0. The molecule has 2 saturated carbocycles. The van der Waals surface area contributed by atoms with Crippen LogP contribution in [0.2, 0.25) is 0 Å². The zero-order chi connectivity index (χ0) is 13.7. The third-order valence-corrected chi connectivity index (χ3v) is 4.82. The molecule has 20 heavy (non-hydrogen) atoms. The van der Waals surface area contributed by atoms with Gasteiger partial charge in [-0.1, -0.05) is 6.42 Å². The van der Waals surface area contributed by atoms with Crippen molar-refractivity contribution in [2.75, 3.05) is 11.5 Å². The van der Waals surface area contributed by atoms with Gasteiger partial charge in [0.15, 0.2) is 5.82 Å². The highest BCUT2D eigenvalue weighted by Gasteiger charge is 2.42. The minimum Gasteiger partial charge on any atom is -0.399 e. The van der Waals surface area contributed by atoms with E-state index < -0.39 is 0 Å². The van der Waals surface area contributed by atoms with E-state index in [1.165, 1.54) is 25.7 Å². The van der Waals surface area contributed by atoms with Crippen LogP contribution in [0.1, 0.15) is 31.7 Å². The number of hydrogen-bond donors (Lipinski definition) is 2. The minimum atomic E-state index is 0.427. The van der Waals surface area contributed by atoms with Crippen molar-refractivity contribution < 1.29 is 0 Å². The summed E-state index contributed by atoms with van der Waals surface area (Å²) < 4.78 is 1.98. The fourth-order valence-electron chi connectivity index (χ4n) is 3.89. The van der Waals surface area contributed by atoms with Gasteiger partial charge in [0.2, 0.25) is 0 Å². The third-order valence-electron chi connectivity index (χ3n) is 4.82.